The second-order valence-corrected chi connectivity index (χ2v) is 10.9. The Labute approximate surface area is 263 Å². The molecule has 10 nitrogen and oxygen atoms in total. The molecule has 3 aromatic carbocycles. The molecular formula is C34H30N2O8S. The van der Waals surface area contributed by atoms with E-state index < -0.39 is 29.5 Å². The molecule has 0 bridgehead atoms. The fourth-order valence-electron chi connectivity index (χ4n) is 4.86. The predicted molar refractivity (Wildman–Crippen MR) is 169 cm³/mol. The van der Waals surface area contributed by atoms with Crippen molar-refractivity contribution in [1.82, 2.24) is 4.98 Å². The summed E-state index contributed by atoms with van der Waals surface area (Å²) in [6.45, 7) is 5.49. The summed E-state index contributed by atoms with van der Waals surface area (Å²) in [4.78, 5) is 45.9. The second-order valence-electron chi connectivity index (χ2n) is 9.87. The topological polar surface area (TPSA) is 124 Å². The summed E-state index contributed by atoms with van der Waals surface area (Å²) in [5, 5.41) is 11.7. The van der Waals surface area contributed by atoms with Crippen LogP contribution in [0.15, 0.2) is 91.0 Å². The van der Waals surface area contributed by atoms with Gasteiger partial charge in [-0.05, 0) is 55.0 Å². The van der Waals surface area contributed by atoms with Gasteiger partial charge in [0.25, 0.3) is 5.78 Å². The van der Waals surface area contributed by atoms with Gasteiger partial charge in [-0.3, -0.25) is 14.5 Å². The Morgan fingerprint density at radius 3 is 2.40 bits per heavy atom. The lowest BCUT2D eigenvalue weighted by Crippen LogP contribution is -2.29. The van der Waals surface area contributed by atoms with Gasteiger partial charge in [-0.25, -0.2) is 9.78 Å². The molecule has 0 spiro atoms. The number of ketones is 1. The summed E-state index contributed by atoms with van der Waals surface area (Å²) < 4.78 is 22.1. The highest BCUT2D eigenvalue weighted by Crippen LogP contribution is 2.47. The van der Waals surface area contributed by atoms with Gasteiger partial charge in [0.05, 0.1) is 25.5 Å². The maximum Gasteiger partial charge on any atom is 0.350 e. The Morgan fingerprint density at radius 1 is 1.02 bits per heavy atom. The van der Waals surface area contributed by atoms with Crippen molar-refractivity contribution in [3.8, 4) is 17.2 Å². The number of thiazole rings is 1. The molecule has 1 aliphatic rings. The first-order valence-electron chi connectivity index (χ1n) is 13.8. The fourth-order valence-corrected chi connectivity index (χ4v) is 5.84. The van der Waals surface area contributed by atoms with Gasteiger partial charge in [0.1, 0.15) is 47.1 Å². The molecule has 2 heterocycles. The molecule has 1 aliphatic heterocycles. The van der Waals surface area contributed by atoms with E-state index in [-0.39, 0.29) is 27.8 Å². The first kappa shape index (κ1) is 31.0. The van der Waals surface area contributed by atoms with E-state index in [1.165, 1.54) is 20.3 Å². The monoisotopic (exact) mass is 626 g/mol. The summed E-state index contributed by atoms with van der Waals surface area (Å²) in [7, 11) is 2.93. The van der Waals surface area contributed by atoms with Crippen LogP contribution >= 0.6 is 11.3 Å². The number of hydrogen-bond donors (Lipinski definition) is 1. The Hall–Kier alpha value is -5.42. The number of aliphatic hydroxyl groups is 1. The molecule has 1 aromatic heterocycles. The van der Waals surface area contributed by atoms with E-state index in [9.17, 15) is 19.5 Å². The molecule has 230 valence electrons. The first-order valence-corrected chi connectivity index (χ1v) is 14.6. The smallest absolute Gasteiger partial charge is 0.350 e. The lowest BCUT2D eigenvalue weighted by atomic mass is 9.94. The van der Waals surface area contributed by atoms with Crippen molar-refractivity contribution in [3.63, 3.8) is 0 Å². The lowest BCUT2D eigenvalue weighted by Gasteiger charge is -2.25. The highest BCUT2D eigenvalue weighted by molar-refractivity contribution is 7.17. The number of rotatable bonds is 11. The number of aryl methyl sites for hydroxylation is 1. The fraction of sp³-hybridized carbons (Fsp3) is 0.176. The maximum absolute atomic E-state index is 13.7. The van der Waals surface area contributed by atoms with Gasteiger partial charge in [-0.2, -0.15) is 0 Å². The number of aliphatic hydroxyl groups excluding tert-OH is 1. The van der Waals surface area contributed by atoms with Crippen molar-refractivity contribution in [2.75, 3.05) is 25.7 Å². The molecule has 11 heteroatoms. The zero-order valence-electron chi connectivity index (χ0n) is 24.8. The van der Waals surface area contributed by atoms with Crippen LogP contribution in [-0.4, -0.2) is 48.6 Å². The average molecular weight is 627 g/mol. The Kier molecular flexibility index (Phi) is 9.29. The molecular weight excluding hydrogens is 596 g/mol. The van der Waals surface area contributed by atoms with Gasteiger partial charge in [-0.1, -0.05) is 54.3 Å². The van der Waals surface area contributed by atoms with E-state index in [0.717, 1.165) is 21.8 Å². The van der Waals surface area contributed by atoms with Crippen LogP contribution in [0.4, 0.5) is 5.13 Å². The van der Waals surface area contributed by atoms with Crippen molar-refractivity contribution in [3.05, 3.63) is 118 Å². The summed E-state index contributed by atoms with van der Waals surface area (Å²) in [5.74, 6) is -1.60. The van der Waals surface area contributed by atoms with Crippen LogP contribution in [0.5, 0.6) is 17.2 Å². The van der Waals surface area contributed by atoms with Crippen molar-refractivity contribution in [2.24, 2.45) is 0 Å². The zero-order chi connectivity index (χ0) is 32.1. The Balaban J connectivity index is 1.59. The molecule has 1 saturated heterocycles. The molecule has 5 rings (SSSR count). The van der Waals surface area contributed by atoms with Crippen LogP contribution in [0.1, 0.15) is 38.1 Å². The SMILES string of the molecule is C=CCOC(=O)c1sc(N2C(=O)C(=O)/C(=C(/O)c3ccc(OCc4ccccc4)cc3)C2c2cc(OC)ccc2OC)nc1C. The lowest BCUT2D eigenvalue weighted by molar-refractivity contribution is -0.132. The highest BCUT2D eigenvalue weighted by atomic mass is 32.1. The number of Topliss-reactive ketones (excluding diaryl/α,β-unsaturated/α-hetero) is 1. The normalized spacial score (nSPS) is 15.5. The minimum Gasteiger partial charge on any atom is -0.507 e. The molecule has 0 aliphatic carbocycles. The van der Waals surface area contributed by atoms with Crippen molar-refractivity contribution < 1.29 is 38.4 Å². The van der Waals surface area contributed by atoms with Crippen LogP contribution in [-0.2, 0) is 20.9 Å². The third-order valence-electron chi connectivity index (χ3n) is 7.06. The van der Waals surface area contributed by atoms with Gasteiger partial charge in [0, 0.05) is 11.1 Å². The van der Waals surface area contributed by atoms with Crippen LogP contribution < -0.4 is 19.1 Å². The summed E-state index contributed by atoms with van der Waals surface area (Å²) in [5.41, 5.74) is 1.77. The number of methoxy groups -OCH3 is 2. The molecule has 4 aromatic rings. The largest absolute Gasteiger partial charge is 0.507 e. The average Bonchev–Trinajstić information content (AvgIpc) is 3.58. The second kappa shape index (κ2) is 13.5. The van der Waals surface area contributed by atoms with E-state index >= 15 is 0 Å². The molecule has 0 saturated carbocycles. The molecule has 1 N–H and O–H groups in total. The standard InChI is InChI=1S/C34H30N2O8S/c1-5-17-43-33(40)31-20(2)35-34(45-31)36-28(25-18-24(41-3)15-16-26(25)42-4)27(30(38)32(36)39)29(37)22-11-13-23(14-12-22)44-19-21-9-7-6-8-10-21/h5-16,18,28,37H,1,17,19H2,2-4H3/b29-27+. The number of carbonyl (C=O) groups excluding carboxylic acids is 3. The number of esters is 1. The number of aromatic nitrogens is 1. The molecule has 1 fully saturated rings. The molecule has 1 atom stereocenters. The quantitative estimate of drug-likeness (QED) is 0.0700. The van der Waals surface area contributed by atoms with Gasteiger partial charge in [0.2, 0.25) is 0 Å². The zero-order valence-corrected chi connectivity index (χ0v) is 25.6. The number of nitrogens with zero attached hydrogens (tertiary/aromatic N) is 2. The third-order valence-corrected chi connectivity index (χ3v) is 8.20. The van der Waals surface area contributed by atoms with Crippen LogP contribution in [0.3, 0.4) is 0 Å². The summed E-state index contributed by atoms with van der Waals surface area (Å²) in [6.07, 6.45) is 1.44. The van der Waals surface area contributed by atoms with Crippen molar-refractivity contribution in [1.29, 1.82) is 0 Å². The van der Waals surface area contributed by atoms with Gasteiger partial charge in [-0.15, -0.1) is 0 Å². The molecule has 0 radical (unpaired) electrons. The van der Waals surface area contributed by atoms with Crippen LogP contribution in [0.2, 0.25) is 0 Å². The Morgan fingerprint density at radius 2 is 1.73 bits per heavy atom. The van der Waals surface area contributed by atoms with Gasteiger partial charge in [0.15, 0.2) is 5.13 Å². The number of amides is 1. The van der Waals surface area contributed by atoms with Crippen LogP contribution in [0.25, 0.3) is 5.76 Å². The maximum atomic E-state index is 13.7. The third kappa shape index (κ3) is 6.29. The minimum atomic E-state index is -1.17. The highest BCUT2D eigenvalue weighted by Gasteiger charge is 2.49. The molecule has 1 amide bonds. The van der Waals surface area contributed by atoms with E-state index in [0.29, 0.717) is 35.1 Å². The number of benzene rings is 3. The summed E-state index contributed by atoms with van der Waals surface area (Å²) >= 11 is 0.898. The Bertz CT molecular complexity index is 1780. The summed E-state index contributed by atoms with van der Waals surface area (Å²) in [6, 6.07) is 20.0. The molecule has 1 unspecified atom stereocenters. The predicted octanol–water partition coefficient (Wildman–Crippen LogP) is 6.02. The van der Waals surface area contributed by atoms with Crippen LogP contribution in [0, 0.1) is 6.92 Å². The number of hydrogen-bond acceptors (Lipinski definition) is 10. The van der Waals surface area contributed by atoms with Crippen molar-refractivity contribution in [2.45, 2.75) is 19.6 Å². The van der Waals surface area contributed by atoms with Gasteiger partial charge < -0.3 is 24.1 Å². The first-order chi connectivity index (χ1) is 21.8. The molecule has 45 heavy (non-hydrogen) atoms. The number of ether oxygens (including phenoxy) is 4. The van der Waals surface area contributed by atoms with E-state index in [4.69, 9.17) is 18.9 Å². The minimum absolute atomic E-state index is 0.00683. The number of anilines is 1. The van der Waals surface area contributed by atoms with E-state index in [2.05, 4.69) is 11.6 Å². The van der Waals surface area contributed by atoms with Crippen molar-refractivity contribution >= 4 is 39.9 Å². The van der Waals surface area contributed by atoms with E-state index in [1.54, 1.807) is 49.4 Å². The van der Waals surface area contributed by atoms with E-state index in [1.807, 2.05) is 30.3 Å². The number of carbonyl (C=O) groups is 3. The van der Waals surface area contributed by atoms with Gasteiger partial charge >= 0.3 is 11.9 Å².